The molecule has 0 fully saturated rings. The Morgan fingerprint density at radius 2 is 1.61 bits per heavy atom. The number of carbonyl (C=O) groups excluding carboxylic acids is 3. The number of fused-ring (bicyclic) bond motifs is 1. The lowest BCUT2D eigenvalue weighted by molar-refractivity contribution is -0.119. The molecule has 0 bridgehead atoms. The largest absolute Gasteiger partial charge is 0.486 e. The first-order valence-electron chi connectivity index (χ1n) is 11.6. The lowest BCUT2D eigenvalue weighted by Gasteiger charge is -2.18. The van der Waals surface area contributed by atoms with Crippen molar-refractivity contribution in [3.63, 3.8) is 0 Å². The van der Waals surface area contributed by atoms with Crippen LogP contribution < -0.4 is 14.8 Å². The van der Waals surface area contributed by atoms with E-state index in [1.165, 1.54) is 38.4 Å². The zero-order valence-electron chi connectivity index (χ0n) is 21.0. The number of rotatable bonds is 8. The number of hydrogen-bond donors (Lipinski definition) is 1. The minimum atomic E-state index is -3.70. The second kappa shape index (κ2) is 11.0. The molecule has 0 saturated heterocycles. The number of ketones is 1. The molecule has 4 rings (SSSR count). The number of amides is 1. The van der Waals surface area contributed by atoms with Crippen LogP contribution in [-0.4, -0.2) is 64.3 Å². The van der Waals surface area contributed by atoms with Crippen molar-refractivity contribution in [1.29, 1.82) is 0 Å². The van der Waals surface area contributed by atoms with Gasteiger partial charge in [-0.3, -0.25) is 9.59 Å². The molecule has 0 atom stereocenters. The van der Waals surface area contributed by atoms with Gasteiger partial charge in [-0.25, -0.2) is 17.5 Å². The van der Waals surface area contributed by atoms with E-state index in [0.29, 0.717) is 35.8 Å². The standard InChI is InChI=1S/C27H26N2O8S/c1-17-8-10-19(38(33,34)29(2)3)15-22(17)28-25(30)16-37-27(32)21-7-5-4-6-20(21)26(31)18-9-11-23-24(14-18)36-13-12-35-23/h4-11,14-15H,12-13,16H2,1-3H3,(H,28,30). The summed E-state index contributed by atoms with van der Waals surface area (Å²) in [5.41, 5.74) is 1.29. The van der Waals surface area contributed by atoms with Gasteiger partial charge in [-0.1, -0.05) is 24.3 Å². The van der Waals surface area contributed by atoms with E-state index in [9.17, 15) is 22.8 Å². The SMILES string of the molecule is Cc1ccc(S(=O)(=O)N(C)C)cc1NC(=O)COC(=O)c1ccccc1C(=O)c1ccc2c(c1)OCCO2. The van der Waals surface area contributed by atoms with Gasteiger partial charge in [0.15, 0.2) is 23.9 Å². The van der Waals surface area contributed by atoms with E-state index < -0.39 is 34.3 Å². The number of esters is 1. The number of aryl methyl sites for hydroxylation is 1. The van der Waals surface area contributed by atoms with Crippen LogP contribution in [-0.2, 0) is 19.6 Å². The monoisotopic (exact) mass is 538 g/mol. The molecule has 1 aliphatic heterocycles. The van der Waals surface area contributed by atoms with Gasteiger partial charge in [0.05, 0.1) is 10.5 Å². The molecule has 198 valence electrons. The maximum absolute atomic E-state index is 13.2. The molecule has 1 heterocycles. The van der Waals surface area contributed by atoms with Gasteiger partial charge < -0.3 is 19.5 Å². The molecular weight excluding hydrogens is 512 g/mol. The van der Waals surface area contributed by atoms with Crippen LogP contribution in [0.4, 0.5) is 5.69 Å². The Morgan fingerprint density at radius 3 is 2.32 bits per heavy atom. The molecule has 1 amide bonds. The average molecular weight is 539 g/mol. The molecule has 0 spiro atoms. The molecule has 0 aliphatic carbocycles. The molecule has 0 unspecified atom stereocenters. The smallest absolute Gasteiger partial charge is 0.339 e. The van der Waals surface area contributed by atoms with Gasteiger partial charge in [0.2, 0.25) is 10.0 Å². The highest BCUT2D eigenvalue weighted by molar-refractivity contribution is 7.89. The molecule has 3 aromatic rings. The van der Waals surface area contributed by atoms with Crippen molar-refractivity contribution in [2.75, 3.05) is 39.2 Å². The molecule has 1 aliphatic rings. The van der Waals surface area contributed by atoms with Crippen LogP contribution in [0, 0.1) is 6.92 Å². The zero-order valence-corrected chi connectivity index (χ0v) is 21.8. The molecule has 10 nitrogen and oxygen atoms in total. The van der Waals surface area contributed by atoms with Crippen LogP contribution in [0.2, 0.25) is 0 Å². The van der Waals surface area contributed by atoms with Gasteiger partial charge in [0, 0.05) is 30.9 Å². The van der Waals surface area contributed by atoms with Crippen molar-refractivity contribution in [3.8, 4) is 11.5 Å². The predicted molar refractivity (Wildman–Crippen MR) is 138 cm³/mol. The van der Waals surface area contributed by atoms with Crippen LogP contribution >= 0.6 is 0 Å². The van der Waals surface area contributed by atoms with Crippen molar-refractivity contribution in [3.05, 3.63) is 82.9 Å². The lowest BCUT2D eigenvalue weighted by Crippen LogP contribution is -2.24. The topological polar surface area (TPSA) is 128 Å². The van der Waals surface area contributed by atoms with Crippen LogP contribution in [0.3, 0.4) is 0 Å². The van der Waals surface area contributed by atoms with E-state index >= 15 is 0 Å². The number of nitrogens with zero attached hydrogens (tertiary/aromatic N) is 1. The third kappa shape index (κ3) is 5.68. The van der Waals surface area contributed by atoms with E-state index in [1.54, 1.807) is 43.3 Å². The van der Waals surface area contributed by atoms with Gasteiger partial charge in [-0.2, -0.15) is 0 Å². The Morgan fingerprint density at radius 1 is 0.921 bits per heavy atom. The molecule has 0 aromatic heterocycles. The summed E-state index contributed by atoms with van der Waals surface area (Å²) >= 11 is 0. The van der Waals surface area contributed by atoms with E-state index in [-0.39, 0.29) is 21.7 Å². The maximum Gasteiger partial charge on any atom is 0.339 e. The summed E-state index contributed by atoms with van der Waals surface area (Å²) in [4.78, 5) is 38.6. The molecule has 38 heavy (non-hydrogen) atoms. The first-order chi connectivity index (χ1) is 18.1. The van der Waals surface area contributed by atoms with E-state index in [0.717, 1.165) is 4.31 Å². The lowest BCUT2D eigenvalue weighted by atomic mass is 9.98. The van der Waals surface area contributed by atoms with Gasteiger partial charge in [0.25, 0.3) is 5.91 Å². The highest BCUT2D eigenvalue weighted by atomic mass is 32.2. The highest BCUT2D eigenvalue weighted by Crippen LogP contribution is 2.32. The van der Waals surface area contributed by atoms with Gasteiger partial charge in [0.1, 0.15) is 13.2 Å². The number of sulfonamides is 1. The van der Waals surface area contributed by atoms with E-state index in [1.807, 2.05) is 0 Å². The third-order valence-electron chi connectivity index (χ3n) is 5.79. The average Bonchev–Trinajstić information content (AvgIpc) is 2.92. The fourth-order valence-corrected chi connectivity index (χ4v) is 4.63. The van der Waals surface area contributed by atoms with Crippen LogP contribution in [0.15, 0.2) is 65.6 Å². The van der Waals surface area contributed by atoms with Crippen molar-refractivity contribution in [1.82, 2.24) is 4.31 Å². The van der Waals surface area contributed by atoms with E-state index in [2.05, 4.69) is 5.32 Å². The fraction of sp³-hybridized carbons (Fsp3) is 0.222. The molecule has 0 saturated carbocycles. The van der Waals surface area contributed by atoms with Crippen LogP contribution in [0.25, 0.3) is 0 Å². The zero-order chi connectivity index (χ0) is 27.4. The van der Waals surface area contributed by atoms with Crippen molar-refractivity contribution in [2.45, 2.75) is 11.8 Å². The normalized spacial score (nSPS) is 12.6. The van der Waals surface area contributed by atoms with Gasteiger partial charge >= 0.3 is 5.97 Å². The van der Waals surface area contributed by atoms with Crippen LogP contribution in [0.5, 0.6) is 11.5 Å². The number of hydrogen-bond acceptors (Lipinski definition) is 8. The first kappa shape index (κ1) is 26.8. The van der Waals surface area contributed by atoms with Crippen molar-refractivity contribution in [2.24, 2.45) is 0 Å². The Kier molecular flexibility index (Phi) is 7.79. The first-order valence-corrected chi connectivity index (χ1v) is 13.1. The quantitative estimate of drug-likeness (QED) is 0.342. The minimum absolute atomic E-state index is 0.00422. The fourth-order valence-electron chi connectivity index (χ4n) is 3.70. The maximum atomic E-state index is 13.2. The summed E-state index contributed by atoms with van der Waals surface area (Å²) < 4.78 is 42.1. The number of ether oxygens (including phenoxy) is 3. The predicted octanol–water partition coefficient (Wildman–Crippen LogP) is 3.04. The second-order valence-electron chi connectivity index (χ2n) is 8.62. The number of carbonyl (C=O) groups is 3. The van der Waals surface area contributed by atoms with Crippen molar-refractivity contribution >= 4 is 33.4 Å². The van der Waals surface area contributed by atoms with Crippen LogP contribution in [0.1, 0.15) is 31.8 Å². The molecule has 11 heteroatoms. The molecule has 3 aromatic carbocycles. The van der Waals surface area contributed by atoms with E-state index in [4.69, 9.17) is 14.2 Å². The third-order valence-corrected chi connectivity index (χ3v) is 7.60. The molecular formula is C27H26N2O8S. The Labute approximate surface area is 220 Å². The Bertz CT molecular complexity index is 1520. The number of nitrogens with one attached hydrogen (secondary N) is 1. The molecule has 0 radical (unpaired) electrons. The second-order valence-corrected chi connectivity index (χ2v) is 10.8. The van der Waals surface area contributed by atoms with Gasteiger partial charge in [-0.05, 0) is 48.9 Å². The Hall–Kier alpha value is -4.22. The number of benzene rings is 3. The molecule has 1 N–H and O–H groups in total. The summed E-state index contributed by atoms with van der Waals surface area (Å²) in [6.45, 7) is 1.84. The van der Waals surface area contributed by atoms with Gasteiger partial charge in [-0.15, -0.1) is 0 Å². The minimum Gasteiger partial charge on any atom is -0.486 e. The summed E-state index contributed by atoms with van der Waals surface area (Å²) in [7, 11) is -0.893. The summed E-state index contributed by atoms with van der Waals surface area (Å²) in [6, 6.07) is 15.2. The Balaban J connectivity index is 1.46. The van der Waals surface area contributed by atoms with Crippen molar-refractivity contribution < 1.29 is 37.0 Å². The number of anilines is 1. The summed E-state index contributed by atoms with van der Waals surface area (Å²) in [5.74, 6) is -0.976. The summed E-state index contributed by atoms with van der Waals surface area (Å²) in [6.07, 6.45) is 0. The summed E-state index contributed by atoms with van der Waals surface area (Å²) in [5, 5.41) is 2.57. The highest BCUT2D eigenvalue weighted by Gasteiger charge is 2.23.